The third-order valence-electron chi connectivity index (χ3n) is 3.89. The fourth-order valence-corrected chi connectivity index (χ4v) is 2.65. The van der Waals surface area contributed by atoms with E-state index in [-0.39, 0.29) is 18.0 Å². The molecule has 0 N–H and O–H groups in total. The summed E-state index contributed by atoms with van der Waals surface area (Å²) in [6, 6.07) is 4.55. The molecule has 0 spiro atoms. The molecule has 2 rings (SSSR count). The van der Waals surface area contributed by atoms with Gasteiger partial charge in [0.15, 0.2) is 5.78 Å². The van der Waals surface area contributed by atoms with E-state index in [1.54, 1.807) is 6.07 Å². The largest absolute Gasteiger partial charge is 0.381 e. The zero-order chi connectivity index (χ0) is 14.6. The predicted molar refractivity (Wildman–Crippen MR) is 74.3 cm³/mol. The number of ether oxygens (including phenoxy) is 2. The van der Waals surface area contributed by atoms with Crippen LogP contribution in [0.25, 0.3) is 0 Å². The normalized spacial score (nSPS) is 17.9. The highest BCUT2D eigenvalue weighted by molar-refractivity contribution is 5.89. The Balaban J connectivity index is 2.18. The van der Waals surface area contributed by atoms with Gasteiger partial charge in [-0.05, 0) is 37.1 Å². The topological polar surface area (TPSA) is 35.5 Å². The molecule has 1 aliphatic heterocycles. The van der Waals surface area contributed by atoms with E-state index in [2.05, 4.69) is 0 Å². The molecule has 0 saturated carbocycles. The molecular formula is C16H21FO3. The zero-order valence-corrected chi connectivity index (χ0v) is 12.1. The second kappa shape index (κ2) is 6.46. The quantitative estimate of drug-likeness (QED) is 0.832. The number of aryl methyl sites for hydroxylation is 1. The van der Waals surface area contributed by atoms with Gasteiger partial charge in [-0.15, -0.1) is 0 Å². The Morgan fingerprint density at radius 2 is 2.10 bits per heavy atom. The van der Waals surface area contributed by atoms with Gasteiger partial charge in [0.2, 0.25) is 0 Å². The lowest BCUT2D eigenvalue weighted by molar-refractivity contribution is -0.156. The van der Waals surface area contributed by atoms with Gasteiger partial charge in [-0.2, -0.15) is 0 Å². The van der Waals surface area contributed by atoms with Crippen LogP contribution in [-0.4, -0.2) is 31.2 Å². The van der Waals surface area contributed by atoms with Gasteiger partial charge < -0.3 is 9.47 Å². The third kappa shape index (κ3) is 3.25. The van der Waals surface area contributed by atoms with Gasteiger partial charge in [-0.25, -0.2) is 4.39 Å². The molecule has 3 nitrogen and oxygen atoms in total. The lowest BCUT2D eigenvalue weighted by atomic mass is 9.85. The molecule has 20 heavy (non-hydrogen) atoms. The number of halogens is 1. The predicted octanol–water partition coefficient (Wildman–Crippen LogP) is 2.83. The summed E-state index contributed by atoms with van der Waals surface area (Å²) in [5.74, 6) is -0.285. The minimum Gasteiger partial charge on any atom is -0.381 e. The van der Waals surface area contributed by atoms with Crippen LogP contribution in [0.1, 0.15) is 30.9 Å². The Morgan fingerprint density at radius 1 is 1.40 bits per heavy atom. The van der Waals surface area contributed by atoms with Crippen LogP contribution in [0.3, 0.4) is 0 Å². The maximum atomic E-state index is 13.3. The number of benzene rings is 1. The van der Waals surface area contributed by atoms with Crippen LogP contribution >= 0.6 is 0 Å². The van der Waals surface area contributed by atoms with Gasteiger partial charge in [-0.1, -0.05) is 6.07 Å². The highest BCUT2D eigenvalue weighted by Crippen LogP contribution is 2.28. The maximum absolute atomic E-state index is 13.3. The molecule has 1 aromatic rings. The molecule has 0 aromatic heterocycles. The first kappa shape index (κ1) is 15.1. The van der Waals surface area contributed by atoms with E-state index in [0.717, 1.165) is 11.1 Å². The monoisotopic (exact) mass is 280 g/mol. The summed E-state index contributed by atoms with van der Waals surface area (Å²) in [5, 5.41) is 0. The van der Waals surface area contributed by atoms with E-state index < -0.39 is 5.60 Å². The number of rotatable bonds is 5. The number of hydrogen-bond donors (Lipinski definition) is 0. The van der Waals surface area contributed by atoms with Crippen molar-refractivity contribution >= 4 is 5.78 Å². The van der Waals surface area contributed by atoms with Gasteiger partial charge in [-0.3, -0.25) is 4.79 Å². The average Bonchev–Trinajstić information content (AvgIpc) is 2.44. The molecule has 0 amide bonds. The number of Topliss-reactive ketones (excluding diaryl/α,β-unsaturated/α-hetero) is 1. The van der Waals surface area contributed by atoms with Gasteiger partial charge >= 0.3 is 0 Å². The fourth-order valence-electron chi connectivity index (χ4n) is 2.65. The molecule has 0 aliphatic carbocycles. The van der Waals surface area contributed by atoms with Gasteiger partial charge in [0.1, 0.15) is 11.4 Å². The second-order valence-corrected chi connectivity index (χ2v) is 5.21. The second-order valence-electron chi connectivity index (χ2n) is 5.21. The van der Waals surface area contributed by atoms with Gasteiger partial charge in [0.05, 0.1) is 0 Å². The molecule has 0 bridgehead atoms. The van der Waals surface area contributed by atoms with E-state index in [4.69, 9.17) is 9.47 Å². The summed E-state index contributed by atoms with van der Waals surface area (Å²) in [6.45, 7) is 5.34. The SMILES string of the molecule is CCOC1(C(=O)Cc2cc(F)ccc2C)CCOCC1. The number of hydrogen-bond acceptors (Lipinski definition) is 3. The Kier molecular flexibility index (Phi) is 4.89. The van der Waals surface area contributed by atoms with E-state index >= 15 is 0 Å². The molecule has 4 heteroatoms. The number of ketones is 1. The molecular weight excluding hydrogens is 259 g/mol. The van der Waals surface area contributed by atoms with E-state index in [0.29, 0.717) is 32.7 Å². The van der Waals surface area contributed by atoms with Crippen LogP contribution in [0.4, 0.5) is 4.39 Å². The Morgan fingerprint density at radius 3 is 2.75 bits per heavy atom. The van der Waals surface area contributed by atoms with Gasteiger partial charge in [0, 0.05) is 39.1 Å². The molecule has 1 fully saturated rings. The van der Waals surface area contributed by atoms with E-state index in [1.165, 1.54) is 12.1 Å². The van der Waals surface area contributed by atoms with Crippen molar-refractivity contribution < 1.29 is 18.7 Å². The molecule has 1 saturated heterocycles. The van der Waals surface area contributed by atoms with Crippen LogP contribution in [0.15, 0.2) is 18.2 Å². The first-order valence-electron chi connectivity index (χ1n) is 7.07. The van der Waals surface area contributed by atoms with Crippen LogP contribution in [0, 0.1) is 12.7 Å². The highest BCUT2D eigenvalue weighted by atomic mass is 19.1. The lowest BCUT2D eigenvalue weighted by Gasteiger charge is -2.35. The molecule has 110 valence electrons. The third-order valence-corrected chi connectivity index (χ3v) is 3.89. The summed E-state index contributed by atoms with van der Waals surface area (Å²) in [7, 11) is 0. The highest BCUT2D eigenvalue weighted by Gasteiger charge is 2.40. The lowest BCUT2D eigenvalue weighted by Crippen LogP contribution is -2.47. The van der Waals surface area contributed by atoms with Crippen molar-refractivity contribution in [3.05, 3.63) is 35.1 Å². The van der Waals surface area contributed by atoms with E-state index in [9.17, 15) is 9.18 Å². The average molecular weight is 280 g/mol. The van der Waals surface area contributed by atoms with Crippen LogP contribution < -0.4 is 0 Å². The molecule has 1 heterocycles. The molecule has 1 aliphatic rings. The first-order valence-corrected chi connectivity index (χ1v) is 7.07. The first-order chi connectivity index (χ1) is 9.57. The van der Waals surface area contributed by atoms with Crippen molar-refractivity contribution in [2.24, 2.45) is 0 Å². The van der Waals surface area contributed by atoms with Crippen molar-refractivity contribution in [3.63, 3.8) is 0 Å². The van der Waals surface area contributed by atoms with Crippen LogP contribution in [0.2, 0.25) is 0 Å². The molecule has 1 aromatic carbocycles. The van der Waals surface area contributed by atoms with Crippen LogP contribution in [-0.2, 0) is 20.7 Å². The fraction of sp³-hybridized carbons (Fsp3) is 0.562. The zero-order valence-electron chi connectivity index (χ0n) is 12.1. The summed E-state index contributed by atoms with van der Waals surface area (Å²) < 4.78 is 24.4. The minimum atomic E-state index is -0.758. The van der Waals surface area contributed by atoms with Crippen LogP contribution in [0.5, 0.6) is 0 Å². The van der Waals surface area contributed by atoms with Crippen molar-refractivity contribution in [2.75, 3.05) is 19.8 Å². The summed E-state index contributed by atoms with van der Waals surface area (Å²) in [4.78, 5) is 12.6. The number of carbonyl (C=O) groups excluding carboxylic acids is 1. The molecule has 0 atom stereocenters. The summed E-state index contributed by atoms with van der Waals surface area (Å²) >= 11 is 0. The van der Waals surface area contributed by atoms with Crippen molar-refractivity contribution in [1.29, 1.82) is 0 Å². The van der Waals surface area contributed by atoms with Crippen molar-refractivity contribution in [3.8, 4) is 0 Å². The summed E-state index contributed by atoms with van der Waals surface area (Å²) in [6.07, 6.45) is 1.37. The smallest absolute Gasteiger partial charge is 0.169 e. The number of carbonyl (C=O) groups is 1. The standard InChI is InChI=1S/C16H21FO3/c1-3-20-16(6-8-19-9-7-16)15(18)11-13-10-14(17)5-4-12(13)2/h4-5,10H,3,6-9,11H2,1-2H3. The molecule has 0 unspecified atom stereocenters. The van der Waals surface area contributed by atoms with Crippen molar-refractivity contribution in [2.45, 2.75) is 38.7 Å². The van der Waals surface area contributed by atoms with Gasteiger partial charge in [0.25, 0.3) is 0 Å². The Labute approximate surface area is 119 Å². The van der Waals surface area contributed by atoms with Crippen molar-refractivity contribution in [1.82, 2.24) is 0 Å². The maximum Gasteiger partial charge on any atom is 0.169 e. The molecule has 0 radical (unpaired) electrons. The Hall–Kier alpha value is -1.26. The summed E-state index contributed by atoms with van der Waals surface area (Å²) in [5.41, 5.74) is 0.908. The Bertz CT molecular complexity index is 473. The van der Waals surface area contributed by atoms with E-state index in [1.807, 2.05) is 13.8 Å². The minimum absolute atomic E-state index is 0.0244.